The molecule has 0 saturated heterocycles. The second kappa shape index (κ2) is 8.28. The number of fused-ring (bicyclic) bond motifs is 2. The third-order valence-electron chi connectivity index (χ3n) is 5.93. The zero-order valence-electron chi connectivity index (χ0n) is 19.7. The number of anilines is 2. The summed E-state index contributed by atoms with van der Waals surface area (Å²) in [5, 5.41) is 6.61. The number of nitrogens with one attached hydrogen (secondary N) is 2. The van der Waals surface area contributed by atoms with Crippen LogP contribution in [0.5, 0.6) is 0 Å². The Morgan fingerprint density at radius 1 is 1.18 bits per heavy atom. The number of nitrogens with zero attached hydrogens (tertiary/aromatic N) is 6. The van der Waals surface area contributed by atoms with E-state index >= 15 is 0 Å². The molecule has 4 aromatic rings. The number of hydrogen-bond donors (Lipinski definition) is 2. The highest BCUT2D eigenvalue weighted by Crippen LogP contribution is 2.26. The average molecular weight is 463 g/mol. The first-order valence-electron chi connectivity index (χ1n) is 11.4. The van der Waals surface area contributed by atoms with E-state index in [-0.39, 0.29) is 22.7 Å². The van der Waals surface area contributed by atoms with Crippen LogP contribution in [-0.2, 0) is 24.9 Å². The summed E-state index contributed by atoms with van der Waals surface area (Å²) in [5.74, 6) is 1.01. The Hall–Kier alpha value is -3.66. The van der Waals surface area contributed by atoms with Crippen LogP contribution < -0.4 is 16.2 Å². The second-order valence-corrected chi connectivity index (χ2v) is 9.40. The van der Waals surface area contributed by atoms with Gasteiger partial charge in [-0.3, -0.25) is 4.79 Å². The van der Waals surface area contributed by atoms with E-state index in [4.69, 9.17) is 4.98 Å². The lowest BCUT2D eigenvalue weighted by Crippen LogP contribution is -2.24. The highest BCUT2D eigenvalue weighted by atomic mass is 19.1. The summed E-state index contributed by atoms with van der Waals surface area (Å²) in [4.78, 5) is 31.1. The topological polar surface area (TPSA) is 103 Å². The molecule has 34 heavy (non-hydrogen) atoms. The van der Waals surface area contributed by atoms with Gasteiger partial charge < -0.3 is 10.6 Å². The van der Waals surface area contributed by atoms with Crippen molar-refractivity contribution in [3.8, 4) is 5.82 Å². The third kappa shape index (κ3) is 3.83. The van der Waals surface area contributed by atoms with Crippen molar-refractivity contribution in [1.29, 1.82) is 0 Å². The molecular weight excluding hydrogens is 435 g/mol. The maximum absolute atomic E-state index is 14.8. The van der Waals surface area contributed by atoms with Crippen molar-refractivity contribution in [1.82, 2.24) is 34.6 Å². The molecule has 4 heterocycles. The molecule has 0 saturated carbocycles. The number of hydrogen-bond acceptors (Lipinski definition) is 7. The van der Waals surface area contributed by atoms with Gasteiger partial charge in [0, 0.05) is 37.0 Å². The van der Waals surface area contributed by atoms with Crippen LogP contribution in [0.4, 0.5) is 16.0 Å². The molecule has 1 aliphatic heterocycles. The molecule has 0 unspecified atom stereocenters. The number of rotatable bonds is 4. The van der Waals surface area contributed by atoms with E-state index in [2.05, 4.69) is 25.6 Å². The summed E-state index contributed by atoms with van der Waals surface area (Å²) in [6.07, 6.45) is 3.98. The van der Waals surface area contributed by atoms with Gasteiger partial charge in [0.15, 0.2) is 11.5 Å². The van der Waals surface area contributed by atoms with E-state index in [1.165, 1.54) is 6.20 Å². The minimum absolute atomic E-state index is 0.201. The van der Waals surface area contributed by atoms with E-state index in [1.807, 2.05) is 33.8 Å². The van der Waals surface area contributed by atoms with Gasteiger partial charge >= 0.3 is 0 Å². The Labute approximate surface area is 196 Å². The van der Waals surface area contributed by atoms with E-state index < -0.39 is 0 Å². The number of benzene rings is 1. The van der Waals surface area contributed by atoms with Crippen molar-refractivity contribution in [2.24, 2.45) is 0 Å². The van der Waals surface area contributed by atoms with E-state index in [0.717, 1.165) is 24.1 Å². The molecule has 0 aliphatic carbocycles. The van der Waals surface area contributed by atoms with Gasteiger partial charge in [0.05, 0.1) is 5.69 Å². The van der Waals surface area contributed by atoms with Gasteiger partial charge in [-0.2, -0.15) is 4.98 Å². The van der Waals surface area contributed by atoms with Gasteiger partial charge in [-0.1, -0.05) is 20.8 Å². The fraction of sp³-hybridized carbons (Fsp3) is 0.375. The first-order valence-corrected chi connectivity index (χ1v) is 11.4. The molecule has 1 aromatic carbocycles. The summed E-state index contributed by atoms with van der Waals surface area (Å²) < 4.78 is 18.0. The normalized spacial score (nSPS) is 13.8. The fourth-order valence-corrected chi connectivity index (χ4v) is 4.15. The molecule has 176 valence electrons. The van der Waals surface area contributed by atoms with E-state index in [1.54, 1.807) is 27.7 Å². The molecule has 0 fully saturated rings. The van der Waals surface area contributed by atoms with Crippen LogP contribution in [0.1, 0.15) is 44.6 Å². The van der Waals surface area contributed by atoms with Gasteiger partial charge in [0.25, 0.3) is 5.56 Å². The molecule has 2 N–H and O–H groups in total. The van der Waals surface area contributed by atoms with Gasteiger partial charge in [0.1, 0.15) is 17.0 Å². The lowest BCUT2D eigenvalue weighted by atomic mass is 9.96. The SMILES string of the molecule is CCn1c(=O)c2cnc(Nc3cc4c(cc3F)CNCC4)nc2n1-c1ccnc(C(C)(C)C)n1. The van der Waals surface area contributed by atoms with Crippen molar-refractivity contribution in [3.63, 3.8) is 0 Å². The van der Waals surface area contributed by atoms with Gasteiger partial charge in [-0.15, -0.1) is 0 Å². The Bertz CT molecular complexity index is 1450. The van der Waals surface area contributed by atoms with E-state index in [9.17, 15) is 9.18 Å². The lowest BCUT2D eigenvalue weighted by Gasteiger charge is -2.19. The van der Waals surface area contributed by atoms with Gasteiger partial charge in [-0.05, 0) is 43.1 Å². The Morgan fingerprint density at radius 2 is 2.00 bits per heavy atom. The predicted octanol–water partition coefficient (Wildman–Crippen LogP) is 3.22. The molecule has 0 spiro atoms. The van der Waals surface area contributed by atoms with Gasteiger partial charge in [-0.25, -0.2) is 28.7 Å². The fourth-order valence-electron chi connectivity index (χ4n) is 4.15. The molecule has 10 heteroatoms. The first kappa shape index (κ1) is 22.1. The van der Waals surface area contributed by atoms with Crippen LogP contribution in [0.15, 0.2) is 35.4 Å². The van der Waals surface area contributed by atoms with Crippen molar-refractivity contribution in [3.05, 3.63) is 63.7 Å². The quantitative estimate of drug-likeness (QED) is 0.480. The highest BCUT2D eigenvalue weighted by molar-refractivity contribution is 5.77. The van der Waals surface area contributed by atoms with Crippen LogP contribution in [0.25, 0.3) is 16.9 Å². The maximum Gasteiger partial charge on any atom is 0.278 e. The predicted molar refractivity (Wildman–Crippen MR) is 128 cm³/mol. The highest BCUT2D eigenvalue weighted by Gasteiger charge is 2.22. The molecule has 0 amide bonds. The Kier molecular flexibility index (Phi) is 5.40. The molecule has 0 atom stereocenters. The maximum atomic E-state index is 14.8. The largest absolute Gasteiger partial charge is 0.322 e. The molecular formula is C24H27FN8O. The molecule has 5 rings (SSSR count). The van der Waals surface area contributed by atoms with Crippen molar-refractivity contribution < 1.29 is 4.39 Å². The van der Waals surface area contributed by atoms with Crippen LogP contribution in [0, 0.1) is 5.82 Å². The molecule has 3 aromatic heterocycles. The minimum Gasteiger partial charge on any atom is -0.322 e. The number of aromatic nitrogens is 6. The molecule has 0 bridgehead atoms. The summed E-state index contributed by atoms with van der Waals surface area (Å²) in [5.41, 5.74) is 2.27. The molecule has 0 radical (unpaired) electrons. The van der Waals surface area contributed by atoms with Crippen LogP contribution >= 0.6 is 0 Å². The van der Waals surface area contributed by atoms with E-state index in [0.29, 0.717) is 41.5 Å². The van der Waals surface area contributed by atoms with Crippen LogP contribution in [0.2, 0.25) is 0 Å². The van der Waals surface area contributed by atoms with Gasteiger partial charge in [0.2, 0.25) is 5.95 Å². The monoisotopic (exact) mass is 462 g/mol. The Balaban J connectivity index is 1.62. The van der Waals surface area contributed by atoms with Crippen molar-refractivity contribution >= 4 is 22.7 Å². The smallest absolute Gasteiger partial charge is 0.278 e. The number of halogens is 1. The van der Waals surface area contributed by atoms with Crippen LogP contribution in [-0.4, -0.2) is 35.8 Å². The lowest BCUT2D eigenvalue weighted by molar-refractivity contribution is 0.528. The van der Waals surface area contributed by atoms with Crippen LogP contribution in [0.3, 0.4) is 0 Å². The zero-order valence-corrected chi connectivity index (χ0v) is 19.7. The van der Waals surface area contributed by atoms with Crippen molar-refractivity contribution in [2.75, 3.05) is 11.9 Å². The Morgan fingerprint density at radius 3 is 2.76 bits per heavy atom. The second-order valence-electron chi connectivity index (χ2n) is 9.40. The summed E-state index contributed by atoms with van der Waals surface area (Å²) in [7, 11) is 0. The average Bonchev–Trinajstić information content (AvgIpc) is 3.10. The minimum atomic E-state index is -0.375. The zero-order chi connectivity index (χ0) is 24.0. The summed E-state index contributed by atoms with van der Waals surface area (Å²) in [6, 6.07) is 5.09. The molecule has 9 nitrogen and oxygen atoms in total. The summed E-state index contributed by atoms with van der Waals surface area (Å²) in [6.45, 7) is 9.89. The first-order chi connectivity index (χ1) is 16.3. The molecule has 1 aliphatic rings. The third-order valence-corrected chi connectivity index (χ3v) is 5.93. The summed E-state index contributed by atoms with van der Waals surface area (Å²) >= 11 is 0. The van der Waals surface area contributed by atoms with Crippen molar-refractivity contribution in [2.45, 2.75) is 52.6 Å². The standard InChI is InChI=1S/C24H27FN8O/c1-5-32-21(34)16-13-28-23(29-18-11-14-6-8-26-12-15(14)10-17(18)25)31-20(16)33(32)19-7-9-27-22(30-19)24(2,3)4/h7,9-11,13,26H,5-6,8,12H2,1-4H3,(H,28,29,31).